The number of pyridine rings is 1. The van der Waals surface area contributed by atoms with Crippen LogP contribution in [-0.4, -0.2) is 37.2 Å². The summed E-state index contributed by atoms with van der Waals surface area (Å²) in [5.41, 5.74) is 2.81. The lowest BCUT2D eigenvalue weighted by Crippen LogP contribution is -2.36. The van der Waals surface area contributed by atoms with Crippen LogP contribution in [0.3, 0.4) is 0 Å². The van der Waals surface area contributed by atoms with E-state index < -0.39 is 0 Å². The summed E-state index contributed by atoms with van der Waals surface area (Å²) in [6.45, 7) is 5.24. The predicted octanol–water partition coefficient (Wildman–Crippen LogP) is 2.48. The number of ether oxygens (including phenoxy) is 1. The SMILES string of the molecule is Cc1ccnc(NC(=O)c2ccc(N3CCOCC3)cc2)c1. The second kappa shape index (κ2) is 6.58. The minimum absolute atomic E-state index is 0.147. The van der Waals surface area contributed by atoms with Gasteiger partial charge in [-0.3, -0.25) is 4.79 Å². The largest absolute Gasteiger partial charge is 0.378 e. The molecule has 5 heteroatoms. The molecule has 1 amide bonds. The van der Waals surface area contributed by atoms with Gasteiger partial charge in [0.15, 0.2) is 0 Å². The van der Waals surface area contributed by atoms with E-state index in [1.54, 1.807) is 6.20 Å². The standard InChI is InChI=1S/C17H19N3O2/c1-13-6-7-18-16(12-13)19-17(21)14-2-4-15(5-3-14)20-8-10-22-11-9-20/h2-7,12H,8-11H2,1H3,(H,18,19,21). The molecule has 0 radical (unpaired) electrons. The summed E-state index contributed by atoms with van der Waals surface area (Å²) in [4.78, 5) is 18.6. The number of nitrogens with one attached hydrogen (secondary N) is 1. The van der Waals surface area contributed by atoms with E-state index in [9.17, 15) is 4.79 Å². The molecule has 1 saturated heterocycles. The van der Waals surface area contributed by atoms with Crippen molar-refractivity contribution in [3.05, 3.63) is 53.7 Å². The first-order chi connectivity index (χ1) is 10.7. The molecule has 0 atom stereocenters. The zero-order chi connectivity index (χ0) is 15.4. The van der Waals surface area contributed by atoms with E-state index in [-0.39, 0.29) is 5.91 Å². The average Bonchev–Trinajstić information content (AvgIpc) is 2.56. The van der Waals surface area contributed by atoms with Gasteiger partial charge in [-0.1, -0.05) is 0 Å². The van der Waals surface area contributed by atoms with Gasteiger partial charge < -0.3 is 15.0 Å². The van der Waals surface area contributed by atoms with Crippen LogP contribution in [0.1, 0.15) is 15.9 Å². The third-order valence-electron chi connectivity index (χ3n) is 3.66. The number of aryl methyl sites for hydroxylation is 1. The molecule has 1 aliphatic rings. The Morgan fingerprint density at radius 1 is 1.18 bits per heavy atom. The quantitative estimate of drug-likeness (QED) is 0.945. The maximum Gasteiger partial charge on any atom is 0.256 e. The second-order valence-corrected chi connectivity index (χ2v) is 5.32. The van der Waals surface area contributed by atoms with Crippen molar-refractivity contribution in [2.45, 2.75) is 6.92 Å². The molecule has 0 bridgehead atoms. The lowest BCUT2D eigenvalue weighted by Gasteiger charge is -2.28. The average molecular weight is 297 g/mol. The number of aromatic nitrogens is 1. The lowest BCUT2D eigenvalue weighted by molar-refractivity contribution is 0.102. The minimum atomic E-state index is -0.147. The van der Waals surface area contributed by atoms with E-state index in [1.165, 1.54) is 0 Å². The summed E-state index contributed by atoms with van der Waals surface area (Å²) in [5, 5.41) is 2.81. The highest BCUT2D eigenvalue weighted by Crippen LogP contribution is 2.17. The van der Waals surface area contributed by atoms with E-state index in [0.29, 0.717) is 11.4 Å². The molecule has 3 rings (SSSR count). The Morgan fingerprint density at radius 3 is 2.59 bits per heavy atom. The minimum Gasteiger partial charge on any atom is -0.378 e. The number of amides is 1. The van der Waals surface area contributed by atoms with E-state index in [0.717, 1.165) is 37.6 Å². The van der Waals surface area contributed by atoms with Crippen LogP contribution in [0.25, 0.3) is 0 Å². The number of carbonyl (C=O) groups excluding carboxylic acids is 1. The number of hydrogen-bond acceptors (Lipinski definition) is 4. The molecular formula is C17H19N3O2. The monoisotopic (exact) mass is 297 g/mol. The third kappa shape index (κ3) is 3.43. The van der Waals surface area contributed by atoms with Gasteiger partial charge in [0.1, 0.15) is 5.82 Å². The van der Waals surface area contributed by atoms with Crippen molar-refractivity contribution in [3.63, 3.8) is 0 Å². The van der Waals surface area contributed by atoms with Crippen LogP contribution in [0.2, 0.25) is 0 Å². The van der Waals surface area contributed by atoms with Crippen molar-refractivity contribution in [1.82, 2.24) is 4.98 Å². The molecule has 1 aliphatic heterocycles. The first kappa shape index (κ1) is 14.5. The smallest absolute Gasteiger partial charge is 0.256 e. The van der Waals surface area contributed by atoms with Gasteiger partial charge in [-0.25, -0.2) is 4.98 Å². The van der Waals surface area contributed by atoms with Crippen LogP contribution in [0.4, 0.5) is 11.5 Å². The van der Waals surface area contributed by atoms with Gasteiger partial charge in [0, 0.05) is 30.5 Å². The van der Waals surface area contributed by atoms with Gasteiger partial charge in [0.25, 0.3) is 5.91 Å². The van der Waals surface area contributed by atoms with Crippen LogP contribution in [-0.2, 0) is 4.74 Å². The number of benzene rings is 1. The Kier molecular flexibility index (Phi) is 4.34. The number of rotatable bonds is 3. The molecule has 114 valence electrons. The highest BCUT2D eigenvalue weighted by Gasteiger charge is 2.12. The molecule has 5 nitrogen and oxygen atoms in total. The van der Waals surface area contributed by atoms with Gasteiger partial charge >= 0.3 is 0 Å². The fourth-order valence-corrected chi connectivity index (χ4v) is 2.44. The summed E-state index contributed by atoms with van der Waals surface area (Å²) in [5.74, 6) is 0.425. The van der Waals surface area contributed by atoms with Crippen molar-refractivity contribution < 1.29 is 9.53 Å². The van der Waals surface area contributed by atoms with E-state index in [2.05, 4.69) is 15.2 Å². The van der Waals surface area contributed by atoms with Gasteiger partial charge in [0.05, 0.1) is 13.2 Å². The highest BCUT2D eigenvalue weighted by atomic mass is 16.5. The van der Waals surface area contributed by atoms with Crippen molar-refractivity contribution >= 4 is 17.4 Å². The second-order valence-electron chi connectivity index (χ2n) is 5.32. The van der Waals surface area contributed by atoms with Crippen LogP contribution in [0, 0.1) is 6.92 Å². The van der Waals surface area contributed by atoms with Crippen LogP contribution < -0.4 is 10.2 Å². The van der Waals surface area contributed by atoms with Gasteiger partial charge in [0.2, 0.25) is 0 Å². The number of carbonyl (C=O) groups is 1. The van der Waals surface area contributed by atoms with Gasteiger partial charge in [-0.2, -0.15) is 0 Å². The van der Waals surface area contributed by atoms with Crippen LogP contribution >= 0.6 is 0 Å². The van der Waals surface area contributed by atoms with Crippen LogP contribution in [0.15, 0.2) is 42.6 Å². The van der Waals surface area contributed by atoms with Crippen LogP contribution in [0.5, 0.6) is 0 Å². The fraction of sp³-hybridized carbons (Fsp3) is 0.294. The molecular weight excluding hydrogens is 278 g/mol. The van der Waals surface area contributed by atoms with Crippen molar-refractivity contribution in [2.75, 3.05) is 36.5 Å². The summed E-state index contributed by atoms with van der Waals surface area (Å²) in [6.07, 6.45) is 1.69. The van der Waals surface area contributed by atoms with Gasteiger partial charge in [-0.15, -0.1) is 0 Å². The maximum absolute atomic E-state index is 12.2. The zero-order valence-corrected chi connectivity index (χ0v) is 12.6. The molecule has 1 aromatic heterocycles. The Bertz CT molecular complexity index is 649. The number of anilines is 2. The number of hydrogen-bond donors (Lipinski definition) is 1. The molecule has 2 aromatic rings. The molecule has 0 unspecified atom stereocenters. The Balaban J connectivity index is 1.68. The Hall–Kier alpha value is -2.40. The molecule has 2 heterocycles. The predicted molar refractivity (Wildman–Crippen MR) is 86.4 cm³/mol. The molecule has 0 spiro atoms. The van der Waals surface area contributed by atoms with Crippen molar-refractivity contribution in [1.29, 1.82) is 0 Å². The molecule has 1 fully saturated rings. The summed E-state index contributed by atoms with van der Waals surface area (Å²) in [6, 6.07) is 11.4. The first-order valence-electron chi connectivity index (χ1n) is 7.39. The molecule has 0 aliphatic carbocycles. The molecule has 0 saturated carbocycles. The van der Waals surface area contributed by atoms with E-state index >= 15 is 0 Å². The van der Waals surface area contributed by atoms with E-state index in [1.807, 2.05) is 43.3 Å². The topological polar surface area (TPSA) is 54.5 Å². The Labute approximate surface area is 129 Å². The molecule has 1 N–H and O–H groups in total. The maximum atomic E-state index is 12.2. The third-order valence-corrected chi connectivity index (χ3v) is 3.66. The number of morpholine rings is 1. The number of nitrogens with zero attached hydrogens (tertiary/aromatic N) is 2. The normalized spacial score (nSPS) is 14.7. The summed E-state index contributed by atoms with van der Waals surface area (Å²) in [7, 11) is 0. The summed E-state index contributed by atoms with van der Waals surface area (Å²) >= 11 is 0. The van der Waals surface area contributed by atoms with E-state index in [4.69, 9.17) is 4.74 Å². The molecule has 1 aromatic carbocycles. The van der Waals surface area contributed by atoms with Gasteiger partial charge in [-0.05, 0) is 48.9 Å². The summed E-state index contributed by atoms with van der Waals surface area (Å²) < 4.78 is 5.35. The Morgan fingerprint density at radius 2 is 1.91 bits per heavy atom. The highest BCUT2D eigenvalue weighted by molar-refractivity contribution is 6.03. The fourth-order valence-electron chi connectivity index (χ4n) is 2.44. The van der Waals surface area contributed by atoms with Crippen molar-refractivity contribution in [3.8, 4) is 0 Å². The van der Waals surface area contributed by atoms with Crippen molar-refractivity contribution in [2.24, 2.45) is 0 Å². The molecule has 22 heavy (non-hydrogen) atoms. The zero-order valence-electron chi connectivity index (χ0n) is 12.6. The lowest BCUT2D eigenvalue weighted by atomic mass is 10.1. The first-order valence-corrected chi connectivity index (χ1v) is 7.39.